The van der Waals surface area contributed by atoms with Crippen LogP contribution in [-0.4, -0.2) is 5.78 Å². The Labute approximate surface area is 79.8 Å². The van der Waals surface area contributed by atoms with Gasteiger partial charge in [-0.25, -0.2) is 0 Å². The maximum Gasteiger partial charge on any atom is 0.159 e. The standard InChI is InChI=1S/C12H16O/c1-5-10-6-11(8(2)3)7-12(13)9(10)4/h5,11H,1-2,6-7H2,3-4H3. The van der Waals surface area contributed by atoms with Crippen molar-refractivity contribution in [2.75, 3.05) is 0 Å². The van der Waals surface area contributed by atoms with E-state index in [2.05, 4.69) is 13.2 Å². The molecule has 0 amide bonds. The van der Waals surface area contributed by atoms with Gasteiger partial charge in [-0.2, -0.15) is 0 Å². The molecule has 0 aromatic heterocycles. The van der Waals surface area contributed by atoms with E-state index in [9.17, 15) is 4.79 Å². The lowest BCUT2D eigenvalue weighted by atomic mass is 9.80. The van der Waals surface area contributed by atoms with Crippen LogP contribution in [0.25, 0.3) is 0 Å². The van der Waals surface area contributed by atoms with E-state index in [0.717, 1.165) is 23.1 Å². The van der Waals surface area contributed by atoms with Crippen LogP contribution in [0.1, 0.15) is 26.7 Å². The second-order valence-electron chi connectivity index (χ2n) is 3.73. The minimum atomic E-state index is 0.245. The van der Waals surface area contributed by atoms with E-state index < -0.39 is 0 Å². The third-order valence-electron chi connectivity index (χ3n) is 2.74. The fraction of sp³-hybridized carbons (Fsp3) is 0.417. The van der Waals surface area contributed by atoms with Crippen molar-refractivity contribution in [1.29, 1.82) is 0 Å². The number of carbonyl (C=O) groups is 1. The van der Waals surface area contributed by atoms with Gasteiger partial charge < -0.3 is 0 Å². The van der Waals surface area contributed by atoms with Crippen molar-refractivity contribution in [1.82, 2.24) is 0 Å². The van der Waals surface area contributed by atoms with Gasteiger partial charge in [0.25, 0.3) is 0 Å². The Balaban J connectivity index is 2.95. The summed E-state index contributed by atoms with van der Waals surface area (Å²) in [7, 11) is 0. The molecule has 0 spiro atoms. The Kier molecular flexibility index (Phi) is 2.86. The summed E-state index contributed by atoms with van der Waals surface area (Å²) in [6.45, 7) is 11.5. The molecule has 1 heteroatoms. The fourth-order valence-corrected chi connectivity index (χ4v) is 1.63. The van der Waals surface area contributed by atoms with Gasteiger partial charge in [0.15, 0.2) is 5.78 Å². The van der Waals surface area contributed by atoms with Crippen LogP contribution in [0.5, 0.6) is 0 Å². The summed E-state index contributed by atoms with van der Waals surface area (Å²) >= 11 is 0. The van der Waals surface area contributed by atoms with Crippen LogP contribution in [0.4, 0.5) is 0 Å². The summed E-state index contributed by atoms with van der Waals surface area (Å²) in [4.78, 5) is 11.5. The fourth-order valence-electron chi connectivity index (χ4n) is 1.63. The number of allylic oxidation sites excluding steroid dienone is 4. The minimum absolute atomic E-state index is 0.245. The molecular formula is C12H16O. The van der Waals surface area contributed by atoms with E-state index >= 15 is 0 Å². The van der Waals surface area contributed by atoms with E-state index in [0.29, 0.717) is 12.3 Å². The molecule has 0 saturated heterocycles. The molecule has 0 bridgehead atoms. The summed E-state index contributed by atoms with van der Waals surface area (Å²) in [5.74, 6) is 0.568. The van der Waals surface area contributed by atoms with Gasteiger partial charge in [-0.15, -0.1) is 0 Å². The topological polar surface area (TPSA) is 17.1 Å². The Morgan fingerprint density at radius 1 is 1.54 bits per heavy atom. The van der Waals surface area contributed by atoms with Gasteiger partial charge in [-0.3, -0.25) is 4.79 Å². The Hall–Kier alpha value is -1.11. The second kappa shape index (κ2) is 3.73. The van der Waals surface area contributed by atoms with Gasteiger partial charge >= 0.3 is 0 Å². The van der Waals surface area contributed by atoms with Crippen LogP contribution in [0.15, 0.2) is 36.0 Å². The summed E-state index contributed by atoms with van der Waals surface area (Å²) in [5, 5.41) is 0. The molecule has 1 unspecified atom stereocenters. The molecule has 0 radical (unpaired) electrons. The zero-order valence-corrected chi connectivity index (χ0v) is 8.39. The van der Waals surface area contributed by atoms with Crippen LogP contribution < -0.4 is 0 Å². The first-order valence-corrected chi connectivity index (χ1v) is 4.57. The lowest BCUT2D eigenvalue weighted by Crippen LogP contribution is -2.18. The number of hydrogen-bond acceptors (Lipinski definition) is 1. The normalized spacial score (nSPS) is 23.2. The molecule has 0 saturated carbocycles. The number of rotatable bonds is 2. The highest BCUT2D eigenvalue weighted by Gasteiger charge is 2.23. The first-order chi connectivity index (χ1) is 6.06. The largest absolute Gasteiger partial charge is 0.295 e. The van der Waals surface area contributed by atoms with Gasteiger partial charge in [-0.1, -0.05) is 24.8 Å². The lowest BCUT2D eigenvalue weighted by molar-refractivity contribution is -0.116. The molecule has 0 aliphatic heterocycles. The number of carbonyl (C=O) groups excluding carboxylic acids is 1. The van der Waals surface area contributed by atoms with Gasteiger partial charge in [-0.05, 0) is 37.3 Å². The van der Waals surface area contributed by atoms with E-state index in [1.165, 1.54) is 0 Å². The maximum absolute atomic E-state index is 11.5. The van der Waals surface area contributed by atoms with Crippen molar-refractivity contribution >= 4 is 5.78 Å². The highest BCUT2D eigenvalue weighted by atomic mass is 16.1. The van der Waals surface area contributed by atoms with Crippen LogP contribution in [0.2, 0.25) is 0 Å². The summed E-state index contributed by atoms with van der Waals surface area (Å²) in [5.41, 5.74) is 3.07. The molecular weight excluding hydrogens is 160 g/mol. The smallest absolute Gasteiger partial charge is 0.159 e. The molecule has 70 valence electrons. The van der Waals surface area contributed by atoms with Crippen molar-refractivity contribution < 1.29 is 4.79 Å². The molecule has 0 aromatic carbocycles. The van der Waals surface area contributed by atoms with E-state index in [1.54, 1.807) is 6.08 Å². The molecule has 1 atom stereocenters. The average molecular weight is 176 g/mol. The lowest BCUT2D eigenvalue weighted by Gasteiger charge is -2.23. The van der Waals surface area contributed by atoms with Gasteiger partial charge in [0.1, 0.15) is 0 Å². The number of hydrogen-bond donors (Lipinski definition) is 0. The molecule has 0 fully saturated rings. The van der Waals surface area contributed by atoms with Crippen molar-refractivity contribution in [2.24, 2.45) is 5.92 Å². The van der Waals surface area contributed by atoms with Gasteiger partial charge in [0.2, 0.25) is 0 Å². The quantitative estimate of drug-likeness (QED) is 0.591. The van der Waals surface area contributed by atoms with E-state index in [-0.39, 0.29) is 5.78 Å². The third kappa shape index (κ3) is 1.97. The SMILES string of the molecule is C=CC1=C(C)C(=O)CC(C(=C)C)C1. The molecule has 0 aromatic rings. The zero-order chi connectivity index (χ0) is 10.0. The van der Waals surface area contributed by atoms with Crippen LogP contribution in [0, 0.1) is 5.92 Å². The first-order valence-electron chi connectivity index (χ1n) is 4.57. The monoisotopic (exact) mass is 176 g/mol. The van der Waals surface area contributed by atoms with Crippen molar-refractivity contribution in [3.8, 4) is 0 Å². The van der Waals surface area contributed by atoms with E-state index in [4.69, 9.17) is 0 Å². The molecule has 1 rings (SSSR count). The van der Waals surface area contributed by atoms with Gasteiger partial charge in [0, 0.05) is 6.42 Å². The summed E-state index contributed by atoms with van der Waals surface area (Å²) < 4.78 is 0. The predicted octanol–water partition coefficient (Wildman–Crippen LogP) is 3.04. The van der Waals surface area contributed by atoms with E-state index in [1.807, 2.05) is 13.8 Å². The Morgan fingerprint density at radius 2 is 2.15 bits per heavy atom. The maximum atomic E-state index is 11.5. The predicted molar refractivity (Wildman–Crippen MR) is 55.4 cm³/mol. The molecule has 0 heterocycles. The summed E-state index contributed by atoms with van der Waals surface area (Å²) in [6.07, 6.45) is 3.34. The highest BCUT2D eigenvalue weighted by molar-refractivity contribution is 5.97. The molecule has 13 heavy (non-hydrogen) atoms. The van der Waals surface area contributed by atoms with Crippen molar-refractivity contribution in [3.05, 3.63) is 36.0 Å². The summed E-state index contributed by atoms with van der Waals surface area (Å²) in [6, 6.07) is 0. The van der Waals surface area contributed by atoms with Crippen molar-refractivity contribution in [2.45, 2.75) is 26.7 Å². The Bertz CT molecular complexity index is 294. The minimum Gasteiger partial charge on any atom is -0.295 e. The zero-order valence-electron chi connectivity index (χ0n) is 8.39. The van der Waals surface area contributed by atoms with Crippen LogP contribution in [-0.2, 0) is 4.79 Å². The number of ketones is 1. The molecule has 1 aliphatic carbocycles. The van der Waals surface area contributed by atoms with Crippen LogP contribution >= 0.6 is 0 Å². The highest BCUT2D eigenvalue weighted by Crippen LogP contribution is 2.31. The third-order valence-corrected chi connectivity index (χ3v) is 2.74. The molecule has 1 nitrogen and oxygen atoms in total. The molecule has 0 N–H and O–H groups in total. The average Bonchev–Trinajstić information content (AvgIpc) is 2.09. The van der Waals surface area contributed by atoms with Gasteiger partial charge in [0.05, 0.1) is 0 Å². The van der Waals surface area contributed by atoms with Crippen molar-refractivity contribution in [3.63, 3.8) is 0 Å². The first kappa shape index (κ1) is 9.97. The number of Topliss-reactive ketones (excluding diaryl/α,β-unsaturated/α-hetero) is 1. The van der Waals surface area contributed by atoms with Crippen LogP contribution in [0.3, 0.4) is 0 Å². The second-order valence-corrected chi connectivity index (χ2v) is 3.73. The molecule has 1 aliphatic rings. The Morgan fingerprint density at radius 3 is 2.62 bits per heavy atom.